The number of nitrogens with one attached hydrogen (secondary N) is 1. The molecule has 36 heavy (non-hydrogen) atoms. The van der Waals surface area contributed by atoms with E-state index in [4.69, 9.17) is 11.6 Å². The molecule has 0 aliphatic carbocycles. The second-order valence-corrected chi connectivity index (χ2v) is 7.79. The fraction of sp³-hybridized carbons (Fsp3) is 0.0833. The van der Waals surface area contributed by atoms with E-state index in [9.17, 15) is 31.4 Å². The van der Waals surface area contributed by atoms with Crippen molar-refractivity contribution in [3.8, 4) is 34.3 Å². The van der Waals surface area contributed by atoms with Crippen molar-refractivity contribution < 1.29 is 40.9 Å². The number of ether oxygens (including phenoxy) is 2. The molecule has 0 saturated heterocycles. The molecule has 188 valence electrons. The molecule has 0 radical (unpaired) electrons. The maximum Gasteiger partial charge on any atom is 0.573 e. The molecule has 0 aliphatic rings. The van der Waals surface area contributed by atoms with Crippen LogP contribution in [0.5, 0.6) is 17.4 Å². The smallest absolute Gasteiger partial charge is 0.493 e. The van der Waals surface area contributed by atoms with Gasteiger partial charge in [-0.25, -0.2) is 0 Å². The second-order valence-electron chi connectivity index (χ2n) is 7.35. The first-order valence-corrected chi connectivity index (χ1v) is 10.5. The molecule has 1 aromatic heterocycles. The van der Waals surface area contributed by atoms with Crippen LogP contribution < -0.4 is 14.8 Å². The van der Waals surface area contributed by atoms with Crippen LogP contribution in [0.4, 0.5) is 37.7 Å². The Morgan fingerprint density at radius 1 is 0.750 bits per heavy atom. The lowest BCUT2D eigenvalue weighted by atomic mass is 10.1. The van der Waals surface area contributed by atoms with Gasteiger partial charge in [0.2, 0.25) is 5.88 Å². The third-order valence-corrected chi connectivity index (χ3v) is 5.03. The van der Waals surface area contributed by atoms with E-state index in [1.54, 1.807) is 30.3 Å². The number of hydrogen-bond acceptors (Lipinski definition) is 4. The summed E-state index contributed by atoms with van der Waals surface area (Å²) in [7, 11) is 0. The average Bonchev–Trinajstić information content (AvgIpc) is 3.10. The first-order chi connectivity index (χ1) is 16.9. The first-order valence-electron chi connectivity index (χ1n) is 10.1. The third kappa shape index (κ3) is 6.16. The number of alkyl halides is 6. The molecule has 0 aliphatic heterocycles. The number of rotatable bonds is 6. The zero-order valence-electron chi connectivity index (χ0n) is 17.9. The molecule has 3 aromatic carbocycles. The average molecular weight is 529 g/mol. The van der Waals surface area contributed by atoms with Crippen molar-refractivity contribution in [3.05, 3.63) is 83.9 Å². The Bertz CT molecular complexity index is 1350. The molecule has 0 atom stereocenters. The highest BCUT2D eigenvalue weighted by atomic mass is 35.5. The molecule has 0 fully saturated rings. The summed E-state index contributed by atoms with van der Waals surface area (Å²) in [5.74, 6) is -1.18. The van der Waals surface area contributed by atoms with Crippen molar-refractivity contribution in [2.75, 3.05) is 5.32 Å². The SMILES string of the molecule is Oc1c(Nc2ccc(OC(F)(F)F)cc2)cc(-c2cccc(Cl)c2)n1-c1ccc(OC(F)(F)F)cc1. The Balaban J connectivity index is 1.71. The van der Waals surface area contributed by atoms with Crippen LogP contribution >= 0.6 is 11.6 Å². The van der Waals surface area contributed by atoms with Gasteiger partial charge in [0.25, 0.3) is 0 Å². The highest BCUT2D eigenvalue weighted by Crippen LogP contribution is 2.40. The number of aromatic hydroxyl groups is 1. The standard InChI is InChI=1S/C24H15ClF6N2O3/c25-15-3-1-2-14(12-15)21-13-20(32-16-4-8-18(9-5-16)35-23(26,27)28)22(34)33(21)17-6-10-19(11-7-17)36-24(29,30)31/h1-13,32,34H. The number of halogens is 7. The second kappa shape index (κ2) is 9.57. The van der Waals surface area contributed by atoms with Gasteiger partial charge in [-0.2, -0.15) is 0 Å². The molecule has 5 nitrogen and oxygen atoms in total. The van der Waals surface area contributed by atoms with Gasteiger partial charge in [-0.3, -0.25) is 4.57 Å². The summed E-state index contributed by atoms with van der Waals surface area (Å²) in [5.41, 5.74) is 1.82. The van der Waals surface area contributed by atoms with E-state index in [-0.39, 0.29) is 11.6 Å². The van der Waals surface area contributed by atoms with Crippen LogP contribution in [-0.2, 0) is 0 Å². The summed E-state index contributed by atoms with van der Waals surface area (Å²) in [6.07, 6.45) is -9.70. The Hall–Kier alpha value is -3.99. The van der Waals surface area contributed by atoms with Crippen molar-refractivity contribution in [2.45, 2.75) is 12.7 Å². The summed E-state index contributed by atoms with van der Waals surface area (Å²) in [6.45, 7) is 0. The molecule has 1 heterocycles. The summed E-state index contributed by atoms with van der Waals surface area (Å²) in [5, 5.41) is 14.3. The fourth-order valence-electron chi connectivity index (χ4n) is 3.41. The van der Waals surface area contributed by atoms with E-state index >= 15 is 0 Å². The van der Waals surface area contributed by atoms with E-state index in [0.717, 1.165) is 24.3 Å². The molecular formula is C24H15ClF6N2O3. The molecule has 4 rings (SSSR count). The molecule has 2 N–H and O–H groups in total. The normalized spacial score (nSPS) is 11.9. The van der Waals surface area contributed by atoms with Crippen molar-refractivity contribution in [1.82, 2.24) is 4.57 Å². The van der Waals surface area contributed by atoms with Crippen LogP contribution in [0.1, 0.15) is 0 Å². The van der Waals surface area contributed by atoms with Crippen LogP contribution in [0.3, 0.4) is 0 Å². The van der Waals surface area contributed by atoms with Gasteiger partial charge in [-0.05, 0) is 66.7 Å². The molecule has 0 bridgehead atoms. The van der Waals surface area contributed by atoms with E-state index in [1.165, 1.54) is 28.8 Å². The maximum atomic E-state index is 12.5. The van der Waals surface area contributed by atoms with Gasteiger partial charge in [0.05, 0.1) is 5.69 Å². The minimum Gasteiger partial charge on any atom is -0.493 e. The van der Waals surface area contributed by atoms with Crippen LogP contribution in [0.25, 0.3) is 16.9 Å². The fourth-order valence-corrected chi connectivity index (χ4v) is 3.60. The predicted molar refractivity (Wildman–Crippen MR) is 121 cm³/mol. The van der Waals surface area contributed by atoms with Crippen molar-refractivity contribution in [3.63, 3.8) is 0 Å². The predicted octanol–water partition coefficient (Wildman–Crippen LogP) is 8.04. The number of benzene rings is 3. The van der Waals surface area contributed by atoms with E-state index < -0.39 is 24.2 Å². The summed E-state index contributed by atoms with van der Waals surface area (Å²) in [4.78, 5) is 0. The summed E-state index contributed by atoms with van der Waals surface area (Å²) < 4.78 is 83.9. The van der Waals surface area contributed by atoms with Crippen LogP contribution in [0.2, 0.25) is 5.02 Å². The third-order valence-electron chi connectivity index (χ3n) is 4.79. The Morgan fingerprint density at radius 2 is 1.31 bits per heavy atom. The van der Waals surface area contributed by atoms with Gasteiger partial charge in [-0.1, -0.05) is 23.7 Å². The van der Waals surface area contributed by atoms with E-state index in [2.05, 4.69) is 14.8 Å². The van der Waals surface area contributed by atoms with Gasteiger partial charge in [0.1, 0.15) is 17.2 Å². The minimum absolute atomic E-state index is 0.171. The molecule has 4 aromatic rings. The Labute approximate surface area is 205 Å². The van der Waals surface area contributed by atoms with Crippen LogP contribution in [0.15, 0.2) is 78.9 Å². The number of aromatic nitrogens is 1. The largest absolute Gasteiger partial charge is 0.573 e. The van der Waals surface area contributed by atoms with Crippen molar-refractivity contribution in [2.24, 2.45) is 0 Å². The maximum absolute atomic E-state index is 12.5. The zero-order valence-corrected chi connectivity index (χ0v) is 18.6. The lowest BCUT2D eigenvalue weighted by molar-refractivity contribution is -0.275. The lowest BCUT2D eigenvalue weighted by Gasteiger charge is -2.13. The molecular weight excluding hydrogens is 514 g/mol. The molecule has 0 spiro atoms. The van der Waals surface area contributed by atoms with Crippen LogP contribution in [-0.4, -0.2) is 22.4 Å². The molecule has 0 unspecified atom stereocenters. The summed E-state index contributed by atoms with van der Waals surface area (Å²) in [6, 6.07) is 17.9. The summed E-state index contributed by atoms with van der Waals surface area (Å²) >= 11 is 6.11. The monoisotopic (exact) mass is 528 g/mol. The van der Waals surface area contributed by atoms with Gasteiger partial charge in [-0.15, -0.1) is 26.3 Å². The number of nitrogens with zero attached hydrogens (tertiary/aromatic N) is 1. The van der Waals surface area contributed by atoms with Gasteiger partial charge < -0.3 is 19.9 Å². The lowest BCUT2D eigenvalue weighted by Crippen LogP contribution is -2.17. The Morgan fingerprint density at radius 3 is 1.83 bits per heavy atom. The highest BCUT2D eigenvalue weighted by molar-refractivity contribution is 6.30. The van der Waals surface area contributed by atoms with Crippen molar-refractivity contribution in [1.29, 1.82) is 0 Å². The van der Waals surface area contributed by atoms with Gasteiger partial charge in [0.15, 0.2) is 0 Å². The number of hydrogen-bond donors (Lipinski definition) is 2. The quantitative estimate of drug-likeness (QED) is 0.249. The Kier molecular flexibility index (Phi) is 6.68. The molecule has 0 amide bonds. The topological polar surface area (TPSA) is 55.6 Å². The van der Waals surface area contributed by atoms with Crippen LogP contribution in [0, 0.1) is 0 Å². The van der Waals surface area contributed by atoms with E-state index in [0.29, 0.717) is 27.7 Å². The minimum atomic E-state index is -4.86. The molecule has 12 heteroatoms. The van der Waals surface area contributed by atoms with Crippen molar-refractivity contribution >= 4 is 23.0 Å². The zero-order chi connectivity index (χ0) is 26.1. The van der Waals surface area contributed by atoms with Gasteiger partial charge in [0, 0.05) is 22.0 Å². The molecule has 0 saturated carbocycles. The van der Waals surface area contributed by atoms with Gasteiger partial charge >= 0.3 is 12.7 Å². The first kappa shape index (κ1) is 25.1. The van der Waals surface area contributed by atoms with E-state index in [1.807, 2.05) is 0 Å². The highest BCUT2D eigenvalue weighted by Gasteiger charge is 2.31. The number of anilines is 2.